The largest absolute Gasteiger partial charge is 0.341 e. The summed E-state index contributed by atoms with van der Waals surface area (Å²) in [5.41, 5.74) is 0. The minimum Gasteiger partial charge on any atom is -0.341 e. The van der Waals surface area contributed by atoms with Crippen molar-refractivity contribution < 1.29 is 4.79 Å². The summed E-state index contributed by atoms with van der Waals surface area (Å²) in [5, 5.41) is 3.05. The zero-order chi connectivity index (χ0) is 10.4. The number of nitrogens with one attached hydrogen (secondary N) is 1. The van der Waals surface area contributed by atoms with Crippen LogP contribution in [0.5, 0.6) is 0 Å². The van der Waals surface area contributed by atoms with E-state index >= 15 is 0 Å². The minimum absolute atomic E-state index is 0.304. The Morgan fingerprint density at radius 1 is 1.60 bits per heavy atom. The average molecular weight is 269 g/mol. The molecule has 2 heterocycles. The SMILES string of the molecule is O=CC1Nc2ncc(Br)nc2N1C1CC1. The Kier molecular flexibility index (Phi) is 1.92. The average Bonchev–Trinajstić information content (AvgIpc) is 2.99. The van der Waals surface area contributed by atoms with E-state index in [-0.39, 0.29) is 6.17 Å². The summed E-state index contributed by atoms with van der Waals surface area (Å²) in [6.07, 6.45) is 4.47. The van der Waals surface area contributed by atoms with Gasteiger partial charge in [-0.2, -0.15) is 0 Å². The van der Waals surface area contributed by atoms with E-state index < -0.39 is 0 Å². The van der Waals surface area contributed by atoms with E-state index in [4.69, 9.17) is 0 Å². The predicted octanol–water partition coefficient (Wildman–Crippen LogP) is 1.16. The summed E-state index contributed by atoms with van der Waals surface area (Å²) in [4.78, 5) is 21.5. The van der Waals surface area contributed by atoms with E-state index in [1.54, 1.807) is 6.20 Å². The Morgan fingerprint density at radius 3 is 3.07 bits per heavy atom. The van der Waals surface area contributed by atoms with Crippen LogP contribution in [-0.2, 0) is 4.79 Å². The molecule has 1 N–H and O–H groups in total. The molecule has 1 atom stereocenters. The van der Waals surface area contributed by atoms with E-state index in [1.807, 2.05) is 4.90 Å². The van der Waals surface area contributed by atoms with Crippen LogP contribution in [0.1, 0.15) is 12.8 Å². The Morgan fingerprint density at radius 2 is 2.40 bits per heavy atom. The highest BCUT2D eigenvalue weighted by molar-refractivity contribution is 9.10. The Labute approximate surface area is 95.0 Å². The Balaban J connectivity index is 2.05. The van der Waals surface area contributed by atoms with Gasteiger partial charge in [-0.25, -0.2) is 9.97 Å². The van der Waals surface area contributed by atoms with Gasteiger partial charge in [-0.3, -0.25) is 4.79 Å². The van der Waals surface area contributed by atoms with E-state index in [1.165, 1.54) is 0 Å². The van der Waals surface area contributed by atoms with E-state index in [0.717, 1.165) is 24.9 Å². The lowest BCUT2D eigenvalue weighted by Gasteiger charge is -2.20. The number of nitrogens with zero attached hydrogens (tertiary/aromatic N) is 3. The molecule has 0 aromatic carbocycles. The van der Waals surface area contributed by atoms with Gasteiger partial charge >= 0.3 is 0 Å². The van der Waals surface area contributed by atoms with Crippen LogP contribution in [0.2, 0.25) is 0 Å². The van der Waals surface area contributed by atoms with Crippen molar-refractivity contribution in [3.63, 3.8) is 0 Å². The van der Waals surface area contributed by atoms with Crippen LogP contribution in [0, 0.1) is 0 Å². The summed E-state index contributed by atoms with van der Waals surface area (Å²) in [6, 6.07) is 0.442. The van der Waals surface area contributed by atoms with Gasteiger partial charge in [-0.05, 0) is 28.8 Å². The van der Waals surface area contributed by atoms with Crippen molar-refractivity contribution in [1.82, 2.24) is 9.97 Å². The van der Waals surface area contributed by atoms with Crippen LogP contribution in [0.4, 0.5) is 11.6 Å². The first-order valence-electron chi connectivity index (χ1n) is 4.82. The van der Waals surface area contributed by atoms with Crippen LogP contribution < -0.4 is 10.2 Å². The van der Waals surface area contributed by atoms with E-state index in [9.17, 15) is 4.79 Å². The van der Waals surface area contributed by atoms with Gasteiger partial charge in [0.1, 0.15) is 4.60 Å². The molecule has 15 heavy (non-hydrogen) atoms. The molecule has 0 bridgehead atoms. The first kappa shape index (κ1) is 9.08. The van der Waals surface area contributed by atoms with Crippen LogP contribution >= 0.6 is 15.9 Å². The first-order chi connectivity index (χ1) is 7.29. The van der Waals surface area contributed by atoms with Crippen LogP contribution in [0.3, 0.4) is 0 Å². The van der Waals surface area contributed by atoms with Crippen molar-refractivity contribution in [2.45, 2.75) is 25.0 Å². The Bertz CT molecular complexity index is 421. The molecule has 3 rings (SSSR count). The van der Waals surface area contributed by atoms with E-state index in [0.29, 0.717) is 16.5 Å². The summed E-state index contributed by atoms with van der Waals surface area (Å²) in [7, 11) is 0. The van der Waals surface area contributed by atoms with Gasteiger partial charge in [0.15, 0.2) is 24.1 Å². The predicted molar refractivity (Wildman–Crippen MR) is 58.7 cm³/mol. The maximum Gasteiger partial charge on any atom is 0.175 e. The zero-order valence-corrected chi connectivity index (χ0v) is 9.44. The molecule has 6 heteroatoms. The summed E-state index contributed by atoms with van der Waals surface area (Å²) in [6.45, 7) is 0. The van der Waals surface area contributed by atoms with Gasteiger partial charge in [-0.15, -0.1) is 0 Å². The lowest BCUT2D eigenvalue weighted by Crippen LogP contribution is -2.38. The summed E-state index contributed by atoms with van der Waals surface area (Å²) < 4.78 is 0.695. The fraction of sp³-hybridized carbons (Fsp3) is 0.444. The van der Waals surface area contributed by atoms with Crippen molar-refractivity contribution in [3.8, 4) is 0 Å². The van der Waals surface area contributed by atoms with E-state index in [2.05, 4.69) is 31.2 Å². The highest BCUT2D eigenvalue weighted by atomic mass is 79.9. The maximum absolute atomic E-state index is 10.9. The van der Waals surface area contributed by atoms with Crippen molar-refractivity contribution >= 4 is 33.9 Å². The smallest absolute Gasteiger partial charge is 0.175 e. The van der Waals surface area contributed by atoms with Crippen molar-refractivity contribution in [3.05, 3.63) is 10.8 Å². The molecule has 1 unspecified atom stereocenters. The van der Waals surface area contributed by atoms with Crippen LogP contribution in [0.25, 0.3) is 0 Å². The van der Waals surface area contributed by atoms with Gasteiger partial charge in [0, 0.05) is 6.04 Å². The molecule has 5 nitrogen and oxygen atoms in total. The normalized spacial score (nSPS) is 23.5. The van der Waals surface area contributed by atoms with Crippen molar-refractivity contribution in [2.24, 2.45) is 0 Å². The number of hydrogen-bond acceptors (Lipinski definition) is 5. The fourth-order valence-corrected chi connectivity index (χ4v) is 2.10. The molecule has 1 saturated carbocycles. The molecule has 78 valence electrons. The number of fused-ring (bicyclic) bond motifs is 1. The lowest BCUT2D eigenvalue weighted by atomic mass is 10.4. The van der Waals surface area contributed by atoms with Gasteiger partial charge in [-0.1, -0.05) is 0 Å². The molecule has 1 aromatic rings. The number of anilines is 2. The minimum atomic E-state index is -0.304. The monoisotopic (exact) mass is 268 g/mol. The summed E-state index contributed by atoms with van der Waals surface area (Å²) in [5.74, 6) is 1.48. The molecule has 1 fully saturated rings. The van der Waals surface area contributed by atoms with Crippen LogP contribution in [-0.4, -0.2) is 28.5 Å². The standard InChI is InChI=1S/C9H9BrN4O/c10-6-3-11-8-9(12-6)14(5-1-2-5)7(4-15)13-8/h3-5,7H,1-2H2,(H,11,13). The molecule has 0 radical (unpaired) electrons. The number of halogens is 1. The lowest BCUT2D eigenvalue weighted by molar-refractivity contribution is -0.108. The highest BCUT2D eigenvalue weighted by Gasteiger charge is 2.41. The van der Waals surface area contributed by atoms with Gasteiger partial charge in [0.25, 0.3) is 0 Å². The third-order valence-corrected chi connectivity index (χ3v) is 3.00. The second kappa shape index (κ2) is 3.16. The second-order valence-electron chi connectivity index (χ2n) is 3.73. The van der Waals surface area contributed by atoms with Gasteiger partial charge in [0.2, 0.25) is 0 Å². The molecule has 0 spiro atoms. The third-order valence-electron chi connectivity index (χ3n) is 2.62. The van der Waals surface area contributed by atoms with Crippen LogP contribution in [0.15, 0.2) is 10.8 Å². The van der Waals surface area contributed by atoms with Gasteiger partial charge in [0.05, 0.1) is 6.20 Å². The topological polar surface area (TPSA) is 58.1 Å². The highest BCUT2D eigenvalue weighted by Crippen LogP contribution is 2.39. The summed E-state index contributed by atoms with van der Waals surface area (Å²) >= 11 is 3.29. The number of carbonyl (C=O) groups is 1. The maximum atomic E-state index is 10.9. The molecule has 1 aliphatic heterocycles. The van der Waals surface area contributed by atoms with Crippen molar-refractivity contribution in [2.75, 3.05) is 10.2 Å². The molecule has 0 saturated heterocycles. The number of rotatable bonds is 2. The quantitative estimate of drug-likeness (QED) is 0.816. The molecule has 2 aliphatic rings. The molecule has 1 aliphatic carbocycles. The molecular weight excluding hydrogens is 260 g/mol. The Hall–Kier alpha value is -1.17. The number of aromatic nitrogens is 2. The first-order valence-corrected chi connectivity index (χ1v) is 5.61. The molecule has 1 aromatic heterocycles. The number of aldehydes is 1. The molecule has 0 amide bonds. The molecular formula is C9H9BrN4O. The third kappa shape index (κ3) is 1.40. The van der Waals surface area contributed by atoms with Crippen molar-refractivity contribution in [1.29, 1.82) is 0 Å². The fourth-order valence-electron chi connectivity index (χ4n) is 1.83. The zero-order valence-electron chi connectivity index (χ0n) is 7.85. The number of hydrogen-bond donors (Lipinski definition) is 1. The number of carbonyl (C=O) groups excluding carboxylic acids is 1. The van der Waals surface area contributed by atoms with Gasteiger partial charge < -0.3 is 10.2 Å². The second-order valence-corrected chi connectivity index (χ2v) is 4.54.